The molecule has 2 aromatic heterocycles. The lowest BCUT2D eigenvalue weighted by molar-refractivity contribution is -0.150. The predicted molar refractivity (Wildman–Crippen MR) is 137 cm³/mol. The lowest BCUT2D eigenvalue weighted by Gasteiger charge is -2.34. The third-order valence-corrected chi connectivity index (χ3v) is 7.40. The van der Waals surface area contributed by atoms with E-state index in [1.165, 1.54) is 25.4 Å². The first-order chi connectivity index (χ1) is 19.8. The van der Waals surface area contributed by atoms with E-state index in [0.29, 0.717) is 17.7 Å². The van der Waals surface area contributed by atoms with Gasteiger partial charge in [-0.2, -0.15) is 13.2 Å². The zero-order chi connectivity index (χ0) is 30.7. The molecule has 3 heterocycles. The molecule has 1 saturated carbocycles. The van der Waals surface area contributed by atoms with E-state index in [9.17, 15) is 36.3 Å². The summed E-state index contributed by atoms with van der Waals surface area (Å²) < 4.78 is 78.4. The first-order valence-corrected chi connectivity index (χ1v) is 13.3. The lowest BCUT2D eigenvalue weighted by Crippen LogP contribution is -2.51. The number of rotatable bonds is 10. The summed E-state index contributed by atoms with van der Waals surface area (Å²) in [6, 6.07) is -2.55. The van der Waals surface area contributed by atoms with Crippen molar-refractivity contribution in [1.82, 2.24) is 25.7 Å². The number of anilines is 1. The summed E-state index contributed by atoms with van der Waals surface area (Å²) in [7, 11) is 1.32. The van der Waals surface area contributed by atoms with Crippen molar-refractivity contribution in [3.8, 4) is 0 Å². The molecule has 0 aromatic carbocycles. The molecule has 2 fully saturated rings. The average molecular weight is 603 g/mol. The molecule has 4 atom stereocenters. The molecule has 0 spiro atoms. The molecule has 2 aromatic rings. The Morgan fingerprint density at radius 3 is 2.74 bits per heavy atom. The van der Waals surface area contributed by atoms with Crippen molar-refractivity contribution in [2.45, 2.75) is 69.3 Å². The summed E-state index contributed by atoms with van der Waals surface area (Å²) in [6.07, 6.45) is -2.47. The Morgan fingerprint density at radius 1 is 1.33 bits per heavy atom. The van der Waals surface area contributed by atoms with E-state index in [2.05, 4.69) is 20.8 Å². The molecule has 1 aliphatic heterocycles. The van der Waals surface area contributed by atoms with E-state index >= 15 is 0 Å². The van der Waals surface area contributed by atoms with Crippen LogP contribution in [0.4, 0.5) is 32.6 Å². The molecule has 16 heteroatoms. The van der Waals surface area contributed by atoms with E-state index < -0.39 is 67.0 Å². The van der Waals surface area contributed by atoms with Crippen molar-refractivity contribution in [3.63, 3.8) is 0 Å². The zero-order valence-electron chi connectivity index (χ0n) is 22.8. The highest BCUT2D eigenvalue weighted by Gasteiger charge is 2.48. The van der Waals surface area contributed by atoms with Crippen LogP contribution in [0.5, 0.6) is 0 Å². The Balaban J connectivity index is 1.56. The minimum absolute atomic E-state index is 0.0633. The molecule has 0 bridgehead atoms. The number of pyridine rings is 1. The quantitative estimate of drug-likeness (QED) is 0.352. The molecule has 1 aliphatic carbocycles. The van der Waals surface area contributed by atoms with Crippen molar-refractivity contribution >= 4 is 23.7 Å². The molecule has 230 valence electrons. The number of methoxy groups -OCH3 is 1. The van der Waals surface area contributed by atoms with E-state index in [1.807, 2.05) is 5.32 Å². The summed E-state index contributed by atoms with van der Waals surface area (Å²) in [5, 5.41) is 10.7. The van der Waals surface area contributed by atoms with Gasteiger partial charge in [-0.1, -0.05) is 12.1 Å². The molecule has 3 N–H and O–H groups in total. The van der Waals surface area contributed by atoms with Gasteiger partial charge in [0.25, 0.3) is 5.91 Å². The van der Waals surface area contributed by atoms with E-state index in [4.69, 9.17) is 9.26 Å². The van der Waals surface area contributed by atoms with Crippen molar-refractivity contribution in [2.75, 3.05) is 25.6 Å². The third-order valence-electron chi connectivity index (χ3n) is 7.40. The number of aryl methyl sites for hydroxylation is 1. The smallest absolute Gasteiger partial charge is 0.382 e. The van der Waals surface area contributed by atoms with E-state index in [-0.39, 0.29) is 37.3 Å². The van der Waals surface area contributed by atoms with Crippen LogP contribution >= 0.6 is 0 Å². The molecular formula is C26H31F5N6O5. The van der Waals surface area contributed by atoms with Crippen LogP contribution in [0.2, 0.25) is 0 Å². The minimum Gasteiger partial charge on any atom is -0.382 e. The summed E-state index contributed by atoms with van der Waals surface area (Å²) >= 11 is 0. The number of amides is 4. The number of nitrogens with one attached hydrogen (secondary N) is 3. The maximum Gasteiger partial charge on any atom is 0.410 e. The van der Waals surface area contributed by atoms with Crippen molar-refractivity contribution in [2.24, 2.45) is 5.92 Å². The number of aromatic nitrogens is 2. The van der Waals surface area contributed by atoms with Crippen LogP contribution in [0.1, 0.15) is 60.3 Å². The number of ether oxygens (including phenoxy) is 1. The van der Waals surface area contributed by atoms with E-state index in [1.54, 1.807) is 6.92 Å². The molecule has 4 amide bonds. The number of halogens is 5. The van der Waals surface area contributed by atoms with Crippen molar-refractivity contribution in [3.05, 3.63) is 41.4 Å². The van der Waals surface area contributed by atoms with Gasteiger partial charge in [-0.15, -0.1) is 0 Å². The van der Waals surface area contributed by atoms with Gasteiger partial charge < -0.3 is 30.1 Å². The van der Waals surface area contributed by atoms with Crippen LogP contribution in [-0.2, 0) is 16.0 Å². The SMILES string of the molecule is CCc1nocc1C(=O)N[C@H](C(=O)Nc1cc([C@@H](COC)N2C[C@@H](C(F)(F)F)NC2=O)ccn1)[C@H]1CCCC(F)(F)C1. The van der Waals surface area contributed by atoms with Gasteiger partial charge in [-0.25, -0.2) is 18.6 Å². The number of hydrogen-bond acceptors (Lipinski definition) is 7. The second-order valence-corrected chi connectivity index (χ2v) is 10.3. The molecule has 42 heavy (non-hydrogen) atoms. The standard InChI is InChI=1S/C26H31F5N6O5/c1-3-17-16(12-42-36-17)22(38)35-21(15-5-4-7-25(27,28)10-15)23(39)34-20-9-14(6-8-32-20)18(13-41-2)37-11-19(26(29,30)31)33-24(37)40/h6,8-9,12,15,18-19,21H,3-5,7,10-11,13H2,1-2H3,(H,33,40)(H,35,38)(H,32,34,39)/t15-,18+,19-,21-/m0/s1. The fourth-order valence-electron chi connectivity index (χ4n) is 5.27. The Hall–Kier alpha value is -3.82. The Bertz CT molecular complexity index is 1290. The Labute approximate surface area is 237 Å². The molecule has 2 aliphatic rings. The summed E-state index contributed by atoms with van der Waals surface area (Å²) in [5.74, 6) is -5.52. The highest BCUT2D eigenvalue weighted by molar-refractivity contribution is 6.01. The maximum absolute atomic E-state index is 14.3. The number of urea groups is 1. The molecule has 11 nitrogen and oxygen atoms in total. The third kappa shape index (κ3) is 7.14. The molecule has 0 unspecified atom stereocenters. The molecule has 0 radical (unpaired) electrons. The van der Waals surface area contributed by atoms with Crippen LogP contribution in [0.25, 0.3) is 0 Å². The van der Waals surface area contributed by atoms with Crippen LogP contribution in [-0.4, -0.2) is 77.3 Å². The number of nitrogens with zero attached hydrogens (tertiary/aromatic N) is 3. The molecular weight excluding hydrogens is 571 g/mol. The number of carbonyl (C=O) groups excluding carboxylic acids is 3. The lowest BCUT2D eigenvalue weighted by atomic mass is 9.81. The monoisotopic (exact) mass is 602 g/mol. The van der Waals surface area contributed by atoms with Crippen LogP contribution < -0.4 is 16.0 Å². The van der Waals surface area contributed by atoms with Gasteiger partial charge in [0.2, 0.25) is 11.8 Å². The first kappa shape index (κ1) is 31.1. The average Bonchev–Trinajstić information content (AvgIpc) is 3.56. The van der Waals surface area contributed by atoms with Gasteiger partial charge in [0.05, 0.1) is 24.9 Å². The predicted octanol–water partition coefficient (Wildman–Crippen LogP) is 3.84. The van der Waals surface area contributed by atoms with Crippen LogP contribution in [0, 0.1) is 5.92 Å². The maximum atomic E-state index is 14.3. The molecule has 4 rings (SSSR count). The van der Waals surface area contributed by atoms with Gasteiger partial charge in [0.1, 0.15) is 29.7 Å². The highest BCUT2D eigenvalue weighted by atomic mass is 19.4. The summed E-state index contributed by atoms with van der Waals surface area (Å²) in [4.78, 5) is 43.9. The molecule has 1 saturated heterocycles. The van der Waals surface area contributed by atoms with E-state index in [0.717, 1.165) is 11.2 Å². The topological polar surface area (TPSA) is 139 Å². The van der Waals surface area contributed by atoms with Crippen LogP contribution in [0.3, 0.4) is 0 Å². The zero-order valence-corrected chi connectivity index (χ0v) is 22.8. The Kier molecular flexibility index (Phi) is 9.33. The van der Waals surface area contributed by atoms with Gasteiger partial charge >= 0.3 is 12.2 Å². The second-order valence-electron chi connectivity index (χ2n) is 10.3. The Morgan fingerprint density at radius 2 is 2.10 bits per heavy atom. The number of carbonyl (C=O) groups is 3. The second kappa shape index (κ2) is 12.6. The van der Waals surface area contributed by atoms with Crippen LogP contribution in [0.15, 0.2) is 29.1 Å². The minimum atomic E-state index is -4.65. The largest absolute Gasteiger partial charge is 0.410 e. The highest BCUT2D eigenvalue weighted by Crippen LogP contribution is 2.38. The fraction of sp³-hybridized carbons (Fsp3) is 0.577. The van der Waals surface area contributed by atoms with Gasteiger partial charge in [0, 0.05) is 26.1 Å². The van der Waals surface area contributed by atoms with Crippen molar-refractivity contribution in [1.29, 1.82) is 0 Å². The van der Waals surface area contributed by atoms with Crippen molar-refractivity contribution < 1.29 is 45.6 Å². The fourth-order valence-corrected chi connectivity index (χ4v) is 5.27. The summed E-state index contributed by atoms with van der Waals surface area (Å²) in [6.45, 7) is 0.918. The van der Waals surface area contributed by atoms with Gasteiger partial charge in [-0.3, -0.25) is 9.59 Å². The normalized spacial score (nSPS) is 21.9. The number of hydrogen-bond donors (Lipinski definition) is 3. The van der Waals surface area contributed by atoms with Gasteiger partial charge in [0.15, 0.2) is 0 Å². The summed E-state index contributed by atoms with van der Waals surface area (Å²) in [5.41, 5.74) is 0.710. The number of alkyl halides is 5. The first-order valence-electron chi connectivity index (χ1n) is 13.3. The van der Waals surface area contributed by atoms with Gasteiger partial charge in [-0.05, 0) is 42.9 Å².